The zero-order chi connectivity index (χ0) is 24.0. The molecule has 6 nitrogen and oxygen atoms in total. The van der Waals surface area contributed by atoms with Gasteiger partial charge in [-0.05, 0) is 50.1 Å². The Bertz CT molecular complexity index is 1270. The second kappa shape index (κ2) is 8.37. The first-order valence-electron chi connectivity index (χ1n) is 11.8. The fraction of sp³-hybridized carbons (Fsp3) is 0.321. The van der Waals surface area contributed by atoms with E-state index in [9.17, 15) is 9.59 Å². The summed E-state index contributed by atoms with van der Waals surface area (Å²) in [6.45, 7) is 9.82. The topological polar surface area (TPSA) is 79.5 Å². The summed E-state index contributed by atoms with van der Waals surface area (Å²) in [6, 6.07) is 17.4. The lowest BCUT2D eigenvalue weighted by atomic mass is 10.0. The van der Waals surface area contributed by atoms with E-state index in [0.717, 1.165) is 59.8 Å². The average molecular weight is 455 g/mol. The van der Waals surface area contributed by atoms with Gasteiger partial charge in [-0.1, -0.05) is 36.4 Å². The van der Waals surface area contributed by atoms with Crippen LogP contribution >= 0.6 is 0 Å². The van der Waals surface area contributed by atoms with Crippen molar-refractivity contribution >= 4 is 11.8 Å². The number of carbonyl (C=O) groups is 2. The summed E-state index contributed by atoms with van der Waals surface area (Å²) in [4.78, 5) is 34.8. The zero-order valence-corrected chi connectivity index (χ0v) is 20.0. The molecule has 1 saturated heterocycles. The van der Waals surface area contributed by atoms with Gasteiger partial charge in [0.25, 0.3) is 5.91 Å². The molecule has 2 N–H and O–H groups in total. The fourth-order valence-corrected chi connectivity index (χ4v) is 5.01. The van der Waals surface area contributed by atoms with Crippen molar-refractivity contribution in [1.29, 1.82) is 0 Å². The molecule has 1 fully saturated rings. The smallest absolute Gasteiger partial charge is 0.253 e. The molecule has 0 saturated carbocycles. The first kappa shape index (κ1) is 22.3. The van der Waals surface area contributed by atoms with E-state index in [1.807, 2.05) is 53.4 Å². The molecule has 0 unspecified atom stereocenters. The Balaban J connectivity index is 1.44. The van der Waals surface area contributed by atoms with Crippen molar-refractivity contribution in [3.63, 3.8) is 0 Å². The fourth-order valence-electron chi connectivity index (χ4n) is 5.01. The molecule has 2 heterocycles. The first-order chi connectivity index (χ1) is 16.2. The normalized spacial score (nSPS) is 15.7. The Morgan fingerprint density at radius 3 is 2.29 bits per heavy atom. The summed E-state index contributed by atoms with van der Waals surface area (Å²) < 4.78 is 0. The van der Waals surface area contributed by atoms with Gasteiger partial charge in [-0.2, -0.15) is 0 Å². The van der Waals surface area contributed by atoms with Crippen molar-refractivity contribution in [2.24, 2.45) is 5.73 Å². The molecule has 2 aliphatic rings. The van der Waals surface area contributed by atoms with Crippen LogP contribution in [-0.2, 0) is 6.42 Å². The van der Waals surface area contributed by atoms with Crippen molar-refractivity contribution in [1.82, 2.24) is 14.8 Å². The van der Waals surface area contributed by atoms with Crippen LogP contribution in [-0.4, -0.2) is 58.3 Å². The quantitative estimate of drug-likeness (QED) is 0.508. The van der Waals surface area contributed by atoms with E-state index in [4.69, 9.17) is 10.7 Å². The van der Waals surface area contributed by atoms with E-state index in [1.54, 1.807) is 6.07 Å². The molecule has 34 heavy (non-hydrogen) atoms. The predicted octanol–water partition coefficient (Wildman–Crippen LogP) is 3.98. The highest BCUT2D eigenvalue weighted by atomic mass is 16.2. The van der Waals surface area contributed by atoms with Crippen molar-refractivity contribution < 1.29 is 9.59 Å². The van der Waals surface area contributed by atoms with Crippen molar-refractivity contribution in [3.8, 4) is 22.5 Å². The third kappa shape index (κ3) is 3.99. The lowest BCUT2D eigenvalue weighted by Crippen LogP contribution is -2.54. The molecular formula is C28H30N4O2. The third-order valence-electron chi connectivity index (χ3n) is 6.95. The molecule has 0 spiro atoms. The number of primary amides is 1. The number of piperazine rings is 1. The van der Waals surface area contributed by atoms with Gasteiger partial charge < -0.3 is 10.6 Å². The summed E-state index contributed by atoms with van der Waals surface area (Å²) in [5, 5.41) is 0. The van der Waals surface area contributed by atoms with Crippen molar-refractivity contribution in [2.45, 2.75) is 32.7 Å². The summed E-state index contributed by atoms with van der Waals surface area (Å²) >= 11 is 0. The molecule has 1 aliphatic carbocycles. The van der Waals surface area contributed by atoms with E-state index >= 15 is 0 Å². The van der Waals surface area contributed by atoms with Crippen LogP contribution in [0.5, 0.6) is 0 Å². The van der Waals surface area contributed by atoms with Gasteiger partial charge in [0.05, 0.1) is 11.4 Å². The summed E-state index contributed by atoms with van der Waals surface area (Å²) in [7, 11) is 0. The van der Waals surface area contributed by atoms with Crippen molar-refractivity contribution in [3.05, 3.63) is 76.9 Å². The second-order valence-corrected chi connectivity index (χ2v) is 10.1. The molecule has 5 rings (SSSR count). The van der Waals surface area contributed by atoms with Crippen LogP contribution < -0.4 is 5.73 Å². The van der Waals surface area contributed by atoms with Gasteiger partial charge in [0.2, 0.25) is 5.91 Å². The van der Waals surface area contributed by atoms with Crippen LogP contribution in [0.3, 0.4) is 0 Å². The highest BCUT2D eigenvalue weighted by molar-refractivity contribution is 6.00. The maximum absolute atomic E-state index is 13.3. The standard InChI is InChI=1S/C28H30N4O2/c1-28(2,3)32-13-11-31(12-14-32)27(34)19-9-10-21-20(15-19)16-22-23(26(29)33)17-24(30-25(21)22)18-7-5-4-6-8-18/h4-10,15,17H,11-14,16H2,1-3H3,(H2,29,33). The van der Waals surface area contributed by atoms with Crippen molar-refractivity contribution in [2.75, 3.05) is 26.2 Å². The number of aromatic nitrogens is 1. The van der Waals surface area contributed by atoms with Gasteiger partial charge in [0, 0.05) is 60.4 Å². The zero-order valence-electron chi connectivity index (χ0n) is 20.0. The number of nitrogens with zero attached hydrogens (tertiary/aromatic N) is 3. The van der Waals surface area contributed by atoms with E-state index < -0.39 is 5.91 Å². The van der Waals surface area contributed by atoms with E-state index in [-0.39, 0.29) is 11.4 Å². The lowest BCUT2D eigenvalue weighted by molar-refractivity contribution is 0.0451. The molecule has 6 heteroatoms. The number of carbonyl (C=O) groups excluding carboxylic acids is 2. The minimum atomic E-state index is -0.461. The number of hydrogen-bond acceptors (Lipinski definition) is 4. The number of pyridine rings is 1. The van der Waals surface area contributed by atoms with Crippen LogP contribution in [0.4, 0.5) is 0 Å². The Hall–Kier alpha value is -3.51. The summed E-state index contributed by atoms with van der Waals surface area (Å²) in [5.41, 5.74) is 12.3. The SMILES string of the molecule is CC(C)(C)N1CCN(C(=O)c2ccc3c(c2)Cc2c(C(N)=O)cc(-c4ccccc4)nc2-3)CC1. The highest BCUT2D eigenvalue weighted by Crippen LogP contribution is 2.39. The number of fused-ring (bicyclic) bond motifs is 3. The maximum Gasteiger partial charge on any atom is 0.253 e. The number of hydrogen-bond donors (Lipinski definition) is 1. The monoisotopic (exact) mass is 454 g/mol. The molecule has 3 aromatic rings. The Morgan fingerprint density at radius 2 is 1.65 bits per heavy atom. The summed E-state index contributed by atoms with van der Waals surface area (Å²) in [5.74, 6) is -0.406. The predicted molar refractivity (Wildman–Crippen MR) is 134 cm³/mol. The van der Waals surface area contributed by atoms with Gasteiger partial charge >= 0.3 is 0 Å². The molecule has 0 atom stereocenters. The average Bonchev–Trinajstić information content (AvgIpc) is 3.20. The maximum atomic E-state index is 13.3. The van der Waals surface area contributed by atoms with Crippen LogP contribution in [0.1, 0.15) is 52.6 Å². The molecule has 1 aliphatic heterocycles. The number of amides is 2. The minimum absolute atomic E-state index is 0.0559. The molecular weight excluding hydrogens is 424 g/mol. The molecule has 2 amide bonds. The molecule has 174 valence electrons. The minimum Gasteiger partial charge on any atom is -0.366 e. The third-order valence-corrected chi connectivity index (χ3v) is 6.95. The van der Waals surface area contributed by atoms with Gasteiger partial charge in [0.1, 0.15) is 0 Å². The summed E-state index contributed by atoms with van der Waals surface area (Å²) in [6.07, 6.45) is 0.546. The van der Waals surface area contributed by atoms with E-state index in [2.05, 4.69) is 25.7 Å². The van der Waals surface area contributed by atoms with Gasteiger partial charge in [-0.3, -0.25) is 14.5 Å². The Morgan fingerprint density at radius 1 is 0.941 bits per heavy atom. The van der Waals surface area contributed by atoms with Crippen LogP contribution in [0.2, 0.25) is 0 Å². The van der Waals surface area contributed by atoms with Gasteiger partial charge in [-0.25, -0.2) is 4.98 Å². The number of rotatable bonds is 3. The van der Waals surface area contributed by atoms with Gasteiger partial charge in [0.15, 0.2) is 0 Å². The van der Waals surface area contributed by atoms with E-state index in [1.165, 1.54) is 0 Å². The van der Waals surface area contributed by atoms with Crippen LogP contribution in [0.25, 0.3) is 22.5 Å². The second-order valence-electron chi connectivity index (χ2n) is 10.1. The number of nitrogens with two attached hydrogens (primary N) is 1. The molecule has 0 radical (unpaired) electrons. The van der Waals surface area contributed by atoms with Gasteiger partial charge in [-0.15, -0.1) is 0 Å². The van der Waals surface area contributed by atoms with Crippen LogP contribution in [0, 0.1) is 0 Å². The molecule has 2 aromatic carbocycles. The lowest BCUT2D eigenvalue weighted by Gasteiger charge is -2.42. The van der Waals surface area contributed by atoms with E-state index in [0.29, 0.717) is 17.5 Å². The highest BCUT2D eigenvalue weighted by Gasteiger charge is 2.30. The largest absolute Gasteiger partial charge is 0.366 e. The first-order valence-corrected chi connectivity index (χ1v) is 11.8. The number of benzene rings is 2. The Kier molecular flexibility index (Phi) is 5.48. The molecule has 0 bridgehead atoms. The Labute approximate surface area is 200 Å². The molecule has 1 aromatic heterocycles. The van der Waals surface area contributed by atoms with Crippen LogP contribution in [0.15, 0.2) is 54.6 Å².